The largest absolute Gasteiger partial charge is 0.390 e. The van der Waals surface area contributed by atoms with E-state index in [2.05, 4.69) is 45.1 Å². The molecule has 0 saturated carbocycles. The highest BCUT2D eigenvalue weighted by Gasteiger charge is 2.27. The van der Waals surface area contributed by atoms with Crippen molar-refractivity contribution in [3.05, 3.63) is 57.3 Å². The molecule has 0 spiro atoms. The fourth-order valence-electron chi connectivity index (χ4n) is 4.15. The highest BCUT2D eigenvalue weighted by molar-refractivity contribution is 7.18. The molecular weight excluding hydrogens is 458 g/mol. The quantitative estimate of drug-likeness (QED) is 0.562. The van der Waals surface area contributed by atoms with Crippen molar-refractivity contribution in [2.45, 2.75) is 25.4 Å². The minimum absolute atomic E-state index is 0.147. The average molecular weight is 488 g/mol. The summed E-state index contributed by atoms with van der Waals surface area (Å²) < 4.78 is 0.595. The molecule has 3 heterocycles. The molecule has 2 aliphatic rings. The van der Waals surface area contributed by atoms with E-state index in [1.54, 1.807) is 12.1 Å². The number of carbonyl (C=O) groups is 1. The maximum atomic E-state index is 12.3. The van der Waals surface area contributed by atoms with E-state index in [4.69, 9.17) is 22.2 Å². The molecule has 9 heteroatoms. The summed E-state index contributed by atoms with van der Waals surface area (Å²) in [5.74, 6) is -0.147. The van der Waals surface area contributed by atoms with Crippen LogP contribution in [0.15, 0.2) is 42.1 Å². The molecule has 1 amide bonds. The molecule has 0 radical (unpaired) electrons. The monoisotopic (exact) mass is 487 g/mol. The Morgan fingerprint density at radius 3 is 2.85 bits per heavy atom. The van der Waals surface area contributed by atoms with Crippen LogP contribution in [0.3, 0.4) is 0 Å². The molecule has 2 aromatic rings. The number of thiophene rings is 1. The Kier molecular flexibility index (Phi) is 7.57. The Bertz CT molecular complexity index is 1050. The number of amides is 1. The van der Waals surface area contributed by atoms with Gasteiger partial charge < -0.3 is 25.7 Å². The second-order valence-corrected chi connectivity index (χ2v) is 10.1. The van der Waals surface area contributed by atoms with Crippen molar-refractivity contribution in [2.75, 3.05) is 44.7 Å². The fraction of sp³-hybridized carbons (Fsp3) is 0.417. The molecule has 1 saturated heterocycles. The van der Waals surface area contributed by atoms with Crippen LogP contribution in [0, 0.1) is 0 Å². The predicted octanol–water partition coefficient (Wildman–Crippen LogP) is 3.79. The maximum absolute atomic E-state index is 12.3. The highest BCUT2D eigenvalue weighted by atomic mass is 35.5. The van der Waals surface area contributed by atoms with Gasteiger partial charge >= 0.3 is 0 Å². The van der Waals surface area contributed by atoms with Gasteiger partial charge in [-0.05, 0) is 36.6 Å². The number of nitrogens with two attached hydrogens (primary N) is 1. The zero-order valence-corrected chi connectivity index (χ0v) is 20.4. The number of anilines is 1. The van der Waals surface area contributed by atoms with Crippen LogP contribution in [0.5, 0.6) is 0 Å². The number of rotatable bonds is 9. The third-order valence-electron chi connectivity index (χ3n) is 6.03. The van der Waals surface area contributed by atoms with Crippen molar-refractivity contribution in [3.8, 4) is 0 Å². The minimum atomic E-state index is -0.198. The summed E-state index contributed by atoms with van der Waals surface area (Å²) in [4.78, 5) is 23.1. The number of nitrogens with one attached hydrogen (secondary N) is 1. The number of halogens is 1. The van der Waals surface area contributed by atoms with E-state index in [9.17, 15) is 4.79 Å². The van der Waals surface area contributed by atoms with Crippen LogP contribution in [0.4, 0.5) is 5.69 Å². The van der Waals surface area contributed by atoms with Gasteiger partial charge in [0.05, 0.1) is 21.5 Å². The van der Waals surface area contributed by atoms with Crippen molar-refractivity contribution >= 4 is 45.9 Å². The molecule has 1 aromatic carbocycles. The first-order valence-electron chi connectivity index (χ1n) is 11.2. The van der Waals surface area contributed by atoms with Gasteiger partial charge in [0.1, 0.15) is 6.10 Å². The first kappa shape index (κ1) is 23.6. The predicted molar refractivity (Wildman–Crippen MR) is 136 cm³/mol. The summed E-state index contributed by atoms with van der Waals surface area (Å²) in [7, 11) is 2.01. The zero-order chi connectivity index (χ0) is 23.4. The van der Waals surface area contributed by atoms with E-state index in [-0.39, 0.29) is 12.0 Å². The Morgan fingerprint density at radius 2 is 2.15 bits per heavy atom. The SMILES string of the molecule is C=C(c1ccc(C2=NOC(CNC(=O)c3ccc(Cl)s3)C2)c(N2CCCC2)c1)N(C)CCN. The summed E-state index contributed by atoms with van der Waals surface area (Å²) in [6, 6.07) is 9.85. The highest BCUT2D eigenvalue weighted by Crippen LogP contribution is 2.32. The number of carbonyl (C=O) groups excluding carboxylic acids is 1. The molecule has 176 valence electrons. The third kappa shape index (κ3) is 5.51. The Hall–Kier alpha value is -2.55. The molecule has 0 bridgehead atoms. The lowest BCUT2D eigenvalue weighted by Gasteiger charge is -2.25. The second kappa shape index (κ2) is 10.6. The van der Waals surface area contributed by atoms with Gasteiger partial charge in [-0.25, -0.2) is 0 Å². The summed E-state index contributed by atoms with van der Waals surface area (Å²) >= 11 is 7.19. The molecule has 1 aromatic heterocycles. The standard InChI is InChI=1S/C24H30ClN5O2S/c1-16(29(2)12-9-26)17-5-6-19(21(13-17)30-10-3-4-11-30)20-14-18(32-28-20)15-27-24(31)22-7-8-23(25)33-22/h5-8,13,18H,1,3-4,9-12,14-15,26H2,2H3,(H,27,31). The molecule has 7 nitrogen and oxygen atoms in total. The smallest absolute Gasteiger partial charge is 0.261 e. The van der Waals surface area contributed by atoms with E-state index in [1.807, 2.05) is 7.05 Å². The summed E-state index contributed by atoms with van der Waals surface area (Å²) in [6.07, 6.45) is 2.81. The number of benzene rings is 1. The fourth-order valence-corrected chi connectivity index (χ4v) is 5.11. The summed E-state index contributed by atoms with van der Waals surface area (Å²) in [6.45, 7) is 8.04. The topological polar surface area (TPSA) is 83.2 Å². The van der Waals surface area contributed by atoms with E-state index >= 15 is 0 Å². The van der Waals surface area contributed by atoms with Crippen molar-refractivity contribution in [1.82, 2.24) is 10.2 Å². The van der Waals surface area contributed by atoms with Crippen molar-refractivity contribution in [2.24, 2.45) is 10.9 Å². The summed E-state index contributed by atoms with van der Waals surface area (Å²) in [5, 5.41) is 7.31. The molecule has 4 rings (SSSR count). The van der Waals surface area contributed by atoms with Crippen LogP contribution < -0.4 is 16.0 Å². The number of hydrogen-bond donors (Lipinski definition) is 2. The lowest BCUT2D eigenvalue weighted by atomic mass is 9.99. The van der Waals surface area contributed by atoms with Gasteiger partial charge in [0, 0.05) is 56.6 Å². The molecule has 1 atom stereocenters. The van der Waals surface area contributed by atoms with Gasteiger partial charge in [-0.3, -0.25) is 4.79 Å². The number of oxime groups is 1. The second-order valence-electron chi connectivity index (χ2n) is 8.37. The first-order valence-corrected chi connectivity index (χ1v) is 12.4. The minimum Gasteiger partial charge on any atom is -0.390 e. The Labute approximate surface area is 203 Å². The van der Waals surface area contributed by atoms with Gasteiger partial charge in [0.15, 0.2) is 0 Å². The van der Waals surface area contributed by atoms with Crippen LogP contribution >= 0.6 is 22.9 Å². The van der Waals surface area contributed by atoms with Gasteiger partial charge in [0.2, 0.25) is 0 Å². The summed E-state index contributed by atoms with van der Waals surface area (Å²) in [5.41, 5.74) is 10.9. The van der Waals surface area contributed by atoms with Crippen molar-refractivity contribution in [3.63, 3.8) is 0 Å². The maximum Gasteiger partial charge on any atom is 0.261 e. The molecule has 3 N–H and O–H groups in total. The van der Waals surface area contributed by atoms with Gasteiger partial charge in [-0.15, -0.1) is 11.3 Å². The van der Waals surface area contributed by atoms with Crippen LogP contribution in [0.2, 0.25) is 4.34 Å². The first-order chi connectivity index (χ1) is 16.0. The van der Waals surface area contributed by atoms with Crippen molar-refractivity contribution in [1.29, 1.82) is 0 Å². The van der Waals surface area contributed by atoms with Gasteiger partial charge in [-0.1, -0.05) is 35.5 Å². The molecule has 1 fully saturated rings. The van der Waals surface area contributed by atoms with E-state index in [0.29, 0.717) is 28.7 Å². The molecule has 33 heavy (non-hydrogen) atoms. The molecule has 0 aliphatic carbocycles. The van der Waals surface area contributed by atoms with Crippen LogP contribution in [-0.4, -0.2) is 62.4 Å². The van der Waals surface area contributed by atoms with E-state index in [1.165, 1.54) is 24.2 Å². The van der Waals surface area contributed by atoms with E-state index < -0.39 is 0 Å². The Balaban J connectivity index is 1.46. The van der Waals surface area contributed by atoms with Crippen molar-refractivity contribution < 1.29 is 9.63 Å². The number of hydrogen-bond acceptors (Lipinski definition) is 7. The van der Waals surface area contributed by atoms with Crippen LogP contribution in [-0.2, 0) is 4.84 Å². The molecule has 1 unspecified atom stereocenters. The normalized spacial score (nSPS) is 17.6. The molecular formula is C24H30ClN5O2S. The zero-order valence-electron chi connectivity index (χ0n) is 18.8. The lowest BCUT2D eigenvalue weighted by Crippen LogP contribution is -2.32. The van der Waals surface area contributed by atoms with Gasteiger partial charge in [0.25, 0.3) is 5.91 Å². The molecule has 2 aliphatic heterocycles. The Morgan fingerprint density at radius 1 is 1.36 bits per heavy atom. The van der Waals surface area contributed by atoms with E-state index in [0.717, 1.165) is 47.9 Å². The lowest BCUT2D eigenvalue weighted by molar-refractivity contribution is 0.0755. The number of likely N-dealkylation sites (N-methyl/N-ethyl adjacent to an activating group) is 1. The number of nitrogens with zero attached hydrogens (tertiary/aromatic N) is 3. The average Bonchev–Trinajstić information content (AvgIpc) is 3.58. The van der Waals surface area contributed by atoms with Crippen LogP contribution in [0.1, 0.15) is 40.1 Å². The van der Waals surface area contributed by atoms with Crippen LogP contribution in [0.25, 0.3) is 5.70 Å². The third-order valence-corrected chi connectivity index (χ3v) is 7.26. The van der Waals surface area contributed by atoms with Gasteiger partial charge in [-0.2, -0.15) is 0 Å².